The molecule has 0 aliphatic carbocycles. The molecular formula is C9H8BrF2NO. The third kappa shape index (κ3) is 2.51. The summed E-state index contributed by atoms with van der Waals surface area (Å²) in [5, 5.41) is 2.25. The van der Waals surface area contributed by atoms with Crippen molar-refractivity contribution < 1.29 is 13.6 Å². The lowest BCUT2D eigenvalue weighted by Crippen LogP contribution is -2.11. The molecule has 14 heavy (non-hydrogen) atoms. The quantitative estimate of drug-likeness (QED) is 0.817. The summed E-state index contributed by atoms with van der Waals surface area (Å²) < 4.78 is 26.1. The number of halogens is 3. The van der Waals surface area contributed by atoms with Gasteiger partial charge in [-0.05, 0) is 22.0 Å². The normalized spacial score (nSPS) is 10.0. The summed E-state index contributed by atoms with van der Waals surface area (Å²) in [5.74, 6) is -1.64. The van der Waals surface area contributed by atoms with Crippen molar-refractivity contribution >= 4 is 27.5 Å². The van der Waals surface area contributed by atoms with Gasteiger partial charge in [0.1, 0.15) is 11.6 Å². The summed E-state index contributed by atoms with van der Waals surface area (Å²) in [6, 6.07) is 1.91. The van der Waals surface area contributed by atoms with E-state index in [1.165, 1.54) is 0 Å². The monoisotopic (exact) mass is 263 g/mol. The van der Waals surface area contributed by atoms with Gasteiger partial charge in [0, 0.05) is 12.5 Å². The summed E-state index contributed by atoms with van der Waals surface area (Å²) in [5.41, 5.74) is -0.141. The van der Waals surface area contributed by atoms with E-state index >= 15 is 0 Å². The molecule has 1 aromatic carbocycles. The first kappa shape index (κ1) is 11.1. The maximum absolute atomic E-state index is 13.1. The van der Waals surface area contributed by atoms with Gasteiger partial charge >= 0.3 is 0 Å². The van der Waals surface area contributed by atoms with Crippen LogP contribution in [-0.4, -0.2) is 5.91 Å². The van der Waals surface area contributed by atoms with Crippen LogP contribution in [0.3, 0.4) is 0 Å². The fraction of sp³-hybridized carbons (Fsp3) is 0.222. The van der Waals surface area contributed by atoms with Crippen molar-refractivity contribution in [3.05, 3.63) is 28.2 Å². The highest BCUT2D eigenvalue weighted by atomic mass is 79.9. The molecule has 0 heterocycles. The molecule has 2 nitrogen and oxygen atoms in total. The van der Waals surface area contributed by atoms with E-state index in [4.69, 9.17) is 0 Å². The third-order valence-corrected chi connectivity index (χ3v) is 2.21. The SMILES string of the molecule is CCC(=O)Nc1cc(F)c(Br)cc1F. The molecule has 76 valence electrons. The zero-order valence-corrected chi connectivity index (χ0v) is 8.99. The van der Waals surface area contributed by atoms with E-state index in [0.717, 1.165) is 12.1 Å². The lowest BCUT2D eigenvalue weighted by Gasteiger charge is -2.05. The van der Waals surface area contributed by atoms with E-state index in [1.54, 1.807) is 6.92 Å². The Balaban J connectivity index is 2.98. The molecule has 0 radical (unpaired) electrons. The van der Waals surface area contributed by atoms with Crippen LogP contribution < -0.4 is 5.32 Å². The molecule has 1 aromatic rings. The fourth-order valence-corrected chi connectivity index (χ4v) is 1.17. The maximum atomic E-state index is 13.1. The standard InChI is InChI=1S/C9H8BrF2NO/c1-2-9(14)13-8-4-6(11)5(10)3-7(8)12/h3-4H,2H2,1H3,(H,13,14). The number of benzene rings is 1. The first-order valence-electron chi connectivity index (χ1n) is 3.99. The van der Waals surface area contributed by atoms with Gasteiger partial charge in [0.25, 0.3) is 0 Å². The Hall–Kier alpha value is -0.970. The van der Waals surface area contributed by atoms with Crippen molar-refractivity contribution in [2.24, 2.45) is 0 Å². The van der Waals surface area contributed by atoms with E-state index in [1.807, 2.05) is 0 Å². The predicted octanol–water partition coefficient (Wildman–Crippen LogP) is 3.08. The Morgan fingerprint density at radius 3 is 2.64 bits per heavy atom. The Morgan fingerprint density at radius 1 is 1.43 bits per heavy atom. The van der Waals surface area contributed by atoms with Crippen LogP contribution in [0.5, 0.6) is 0 Å². The maximum Gasteiger partial charge on any atom is 0.224 e. The highest BCUT2D eigenvalue weighted by Gasteiger charge is 2.09. The van der Waals surface area contributed by atoms with Crippen LogP contribution in [0, 0.1) is 11.6 Å². The summed E-state index contributed by atoms with van der Waals surface area (Å²) in [6.45, 7) is 1.63. The highest BCUT2D eigenvalue weighted by Crippen LogP contribution is 2.23. The van der Waals surface area contributed by atoms with Crippen LogP contribution >= 0.6 is 15.9 Å². The molecule has 5 heteroatoms. The Morgan fingerprint density at radius 2 is 2.07 bits per heavy atom. The average Bonchev–Trinajstić information content (AvgIpc) is 2.14. The number of anilines is 1. The molecule has 0 unspecified atom stereocenters. The molecule has 0 aliphatic rings. The number of hydrogen-bond donors (Lipinski definition) is 1. The van der Waals surface area contributed by atoms with Crippen LogP contribution in [-0.2, 0) is 4.79 Å². The molecule has 0 saturated carbocycles. The molecule has 1 amide bonds. The first-order valence-corrected chi connectivity index (χ1v) is 4.78. The van der Waals surface area contributed by atoms with Gasteiger partial charge in [0.05, 0.1) is 10.2 Å². The second kappa shape index (κ2) is 4.50. The molecule has 0 atom stereocenters. The van der Waals surface area contributed by atoms with E-state index < -0.39 is 11.6 Å². The van der Waals surface area contributed by atoms with E-state index in [0.29, 0.717) is 0 Å². The number of carbonyl (C=O) groups excluding carboxylic acids is 1. The lowest BCUT2D eigenvalue weighted by molar-refractivity contribution is -0.115. The first-order chi connectivity index (χ1) is 6.54. The van der Waals surface area contributed by atoms with E-state index in [2.05, 4.69) is 21.2 Å². The van der Waals surface area contributed by atoms with Gasteiger partial charge in [-0.3, -0.25) is 4.79 Å². The van der Waals surface area contributed by atoms with Crippen LogP contribution in [0.15, 0.2) is 16.6 Å². The molecule has 0 aliphatic heterocycles. The third-order valence-electron chi connectivity index (χ3n) is 1.61. The predicted molar refractivity (Wildman–Crippen MR) is 53.0 cm³/mol. The number of rotatable bonds is 2. The Bertz CT molecular complexity index is 368. The van der Waals surface area contributed by atoms with Gasteiger partial charge in [0.15, 0.2) is 0 Å². The van der Waals surface area contributed by atoms with Crippen molar-refractivity contribution in [3.8, 4) is 0 Å². The minimum atomic E-state index is -0.667. The molecule has 1 rings (SSSR count). The van der Waals surface area contributed by atoms with Gasteiger partial charge in [-0.1, -0.05) is 6.92 Å². The molecule has 0 fully saturated rings. The summed E-state index contributed by atoms with van der Waals surface area (Å²) in [4.78, 5) is 10.9. The second-order valence-corrected chi connectivity index (χ2v) is 3.50. The van der Waals surface area contributed by atoms with Gasteiger partial charge in [-0.2, -0.15) is 0 Å². The number of amides is 1. The van der Waals surface area contributed by atoms with Crippen LogP contribution in [0.2, 0.25) is 0 Å². The molecule has 0 aromatic heterocycles. The number of hydrogen-bond acceptors (Lipinski definition) is 1. The van der Waals surface area contributed by atoms with Crippen molar-refractivity contribution in [2.75, 3.05) is 5.32 Å². The lowest BCUT2D eigenvalue weighted by atomic mass is 10.3. The largest absolute Gasteiger partial charge is 0.324 e. The summed E-state index contributed by atoms with van der Waals surface area (Å²) in [6.07, 6.45) is 0.219. The molecular weight excluding hydrogens is 256 g/mol. The molecule has 0 saturated heterocycles. The minimum absolute atomic E-state index is 0.0319. The van der Waals surface area contributed by atoms with Crippen molar-refractivity contribution in [1.82, 2.24) is 0 Å². The number of carbonyl (C=O) groups is 1. The highest BCUT2D eigenvalue weighted by molar-refractivity contribution is 9.10. The number of nitrogens with one attached hydrogen (secondary N) is 1. The molecule has 0 bridgehead atoms. The van der Waals surface area contributed by atoms with Crippen molar-refractivity contribution in [1.29, 1.82) is 0 Å². The Kier molecular flexibility index (Phi) is 3.57. The van der Waals surface area contributed by atoms with Gasteiger partial charge < -0.3 is 5.32 Å². The van der Waals surface area contributed by atoms with Gasteiger partial charge in [-0.15, -0.1) is 0 Å². The van der Waals surface area contributed by atoms with Crippen molar-refractivity contribution in [2.45, 2.75) is 13.3 Å². The van der Waals surface area contributed by atoms with Gasteiger partial charge in [-0.25, -0.2) is 8.78 Å². The Labute approximate surface area is 88.4 Å². The minimum Gasteiger partial charge on any atom is -0.324 e. The fourth-order valence-electron chi connectivity index (χ4n) is 0.857. The summed E-state index contributed by atoms with van der Waals surface area (Å²) in [7, 11) is 0. The molecule has 0 spiro atoms. The smallest absolute Gasteiger partial charge is 0.224 e. The van der Waals surface area contributed by atoms with Crippen LogP contribution in [0.4, 0.5) is 14.5 Å². The van der Waals surface area contributed by atoms with E-state index in [-0.39, 0.29) is 22.5 Å². The summed E-state index contributed by atoms with van der Waals surface area (Å²) >= 11 is 2.84. The second-order valence-electron chi connectivity index (χ2n) is 2.65. The topological polar surface area (TPSA) is 29.1 Å². The zero-order chi connectivity index (χ0) is 10.7. The van der Waals surface area contributed by atoms with Gasteiger partial charge in [0.2, 0.25) is 5.91 Å². The van der Waals surface area contributed by atoms with E-state index in [9.17, 15) is 13.6 Å². The molecule has 1 N–H and O–H groups in total. The zero-order valence-electron chi connectivity index (χ0n) is 7.40. The van der Waals surface area contributed by atoms with Crippen LogP contribution in [0.1, 0.15) is 13.3 Å². The van der Waals surface area contributed by atoms with Crippen molar-refractivity contribution in [3.63, 3.8) is 0 Å². The average molecular weight is 264 g/mol. The van der Waals surface area contributed by atoms with Crippen LogP contribution in [0.25, 0.3) is 0 Å².